The van der Waals surface area contributed by atoms with Crippen LogP contribution in [0.25, 0.3) is 10.9 Å². The van der Waals surface area contributed by atoms with Crippen LogP contribution in [0.4, 0.5) is 5.69 Å². The monoisotopic (exact) mass is 460 g/mol. The first-order chi connectivity index (χ1) is 16.6. The molecule has 1 aliphatic carbocycles. The van der Waals surface area contributed by atoms with Crippen molar-refractivity contribution in [3.05, 3.63) is 60.1 Å². The first-order valence-electron chi connectivity index (χ1n) is 12.0. The number of ether oxygens (including phenoxy) is 3. The predicted octanol–water partition coefficient (Wildman–Crippen LogP) is 4.99. The van der Waals surface area contributed by atoms with Gasteiger partial charge in [0.2, 0.25) is 5.88 Å². The number of nitrogens with one attached hydrogen (secondary N) is 2. The highest BCUT2D eigenvalue weighted by molar-refractivity contribution is 5.93. The fourth-order valence-electron chi connectivity index (χ4n) is 4.81. The minimum absolute atomic E-state index is 0.437. The molecule has 0 radical (unpaired) electrons. The zero-order valence-corrected chi connectivity index (χ0v) is 19.9. The van der Waals surface area contributed by atoms with Crippen molar-refractivity contribution in [3.8, 4) is 17.4 Å². The SMILES string of the molecule is C=C(Nc1ccc(C)c2ccc(OC)nc12)C1CCC(NCc2cc3c(cn2)OCCO3)CC1. The molecule has 0 unspecified atom stereocenters. The Bertz CT molecular complexity index is 1190. The molecule has 1 aromatic carbocycles. The Hall–Kier alpha value is -3.32. The van der Waals surface area contributed by atoms with Crippen molar-refractivity contribution in [2.24, 2.45) is 5.92 Å². The summed E-state index contributed by atoms with van der Waals surface area (Å²) in [6.45, 7) is 8.38. The molecule has 7 heteroatoms. The molecule has 0 amide bonds. The van der Waals surface area contributed by atoms with Crippen molar-refractivity contribution in [1.29, 1.82) is 0 Å². The predicted molar refractivity (Wildman–Crippen MR) is 134 cm³/mol. The molecule has 5 rings (SSSR count). The van der Waals surface area contributed by atoms with Gasteiger partial charge in [-0.25, -0.2) is 4.98 Å². The maximum atomic E-state index is 5.67. The summed E-state index contributed by atoms with van der Waals surface area (Å²) in [6, 6.07) is 10.6. The Morgan fingerprint density at radius 2 is 1.88 bits per heavy atom. The third-order valence-corrected chi connectivity index (χ3v) is 6.83. The number of methoxy groups -OCH3 is 1. The second kappa shape index (κ2) is 9.89. The lowest BCUT2D eigenvalue weighted by atomic mass is 9.84. The third-order valence-electron chi connectivity index (χ3n) is 6.83. The van der Waals surface area contributed by atoms with Gasteiger partial charge >= 0.3 is 0 Å². The van der Waals surface area contributed by atoms with Crippen LogP contribution in [-0.4, -0.2) is 36.3 Å². The van der Waals surface area contributed by atoms with Crippen LogP contribution >= 0.6 is 0 Å². The molecule has 2 aliphatic rings. The van der Waals surface area contributed by atoms with E-state index in [1.807, 2.05) is 12.1 Å². The quantitative estimate of drug-likeness (QED) is 0.514. The van der Waals surface area contributed by atoms with Gasteiger partial charge in [0.25, 0.3) is 0 Å². The Morgan fingerprint density at radius 1 is 1.09 bits per heavy atom. The molecule has 0 spiro atoms. The Kier molecular flexibility index (Phi) is 6.54. The number of pyridine rings is 2. The third kappa shape index (κ3) is 4.80. The van der Waals surface area contributed by atoms with Crippen LogP contribution in [0.1, 0.15) is 36.9 Å². The van der Waals surface area contributed by atoms with E-state index in [1.54, 1.807) is 13.3 Å². The van der Waals surface area contributed by atoms with Crippen LogP contribution in [0.15, 0.2) is 48.8 Å². The number of allylic oxidation sites excluding steroid dienone is 1. The van der Waals surface area contributed by atoms with Gasteiger partial charge in [0.1, 0.15) is 13.2 Å². The van der Waals surface area contributed by atoms with Crippen molar-refractivity contribution in [3.63, 3.8) is 0 Å². The normalized spacial score (nSPS) is 19.6. The molecule has 2 N–H and O–H groups in total. The molecule has 1 saturated carbocycles. The fourth-order valence-corrected chi connectivity index (χ4v) is 4.81. The van der Waals surface area contributed by atoms with E-state index in [9.17, 15) is 0 Å². The van der Waals surface area contributed by atoms with Gasteiger partial charge in [-0.1, -0.05) is 12.6 Å². The van der Waals surface area contributed by atoms with E-state index in [0.29, 0.717) is 31.1 Å². The van der Waals surface area contributed by atoms with Crippen LogP contribution in [0.5, 0.6) is 17.4 Å². The summed E-state index contributed by atoms with van der Waals surface area (Å²) < 4.78 is 16.6. The average molecular weight is 461 g/mol. The van der Waals surface area contributed by atoms with E-state index in [1.165, 1.54) is 5.56 Å². The number of rotatable bonds is 7. The number of anilines is 1. The molecular formula is C27H32N4O3. The molecule has 0 atom stereocenters. The summed E-state index contributed by atoms with van der Waals surface area (Å²) >= 11 is 0. The summed E-state index contributed by atoms with van der Waals surface area (Å²) in [5.41, 5.74) is 5.13. The number of hydrogen-bond acceptors (Lipinski definition) is 7. The van der Waals surface area contributed by atoms with Crippen LogP contribution in [-0.2, 0) is 6.54 Å². The second-order valence-electron chi connectivity index (χ2n) is 9.08. The Labute approximate surface area is 200 Å². The maximum Gasteiger partial charge on any atom is 0.213 e. The number of nitrogens with zero attached hydrogens (tertiary/aromatic N) is 2. The highest BCUT2D eigenvalue weighted by atomic mass is 16.6. The average Bonchev–Trinajstić information content (AvgIpc) is 2.89. The molecule has 178 valence electrons. The minimum atomic E-state index is 0.437. The van der Waals surface area contributed by atoms with E-state index in [-0.39, 0.29) is 0 Å². The van der Waals surface area contributed by atoms with Crippen molar-refractivity contribution < 1.29 is 14.2 Å². The molecule has 3 aromatic rings. The summed E-state index contributed by atoms with van der Waals surface area (Å²) in [5, 5.41) is 8.35. The highest BCUT2D eigenvalue weighted by Crippen LogP contribution is 2.33. The molecule has 34 heavy (non-hydrogen) atoms. The van der Waals surface area contributed by atoms with Crippen molar-refractivity contribution >= 4 is 16.6 Å². The van der Waals surface area contributed by atoms with Crippen molar-refractivity contribution in [1.82, 2.24) is 15.3 Å². The molecule has 0 bridgehead atoms. The number of aromatic nitrogens is 2. The largest absolute Gasteiger partial charge is 0.486 e. The van der Waals surface area contributed by atoms with E-state index >= 15 is 0 Å². The lowest BCUT2D eigenvalue weighted by molar-refractivity contribution is 0.170. The second-order valence-corrected chi connectivity index (χ2v) is 9.08. The lowest BCUT2D eigenvalue weighted by Crippen LogP contribution is -2.34. The van der Waals surface area contributed by atoms with Gasteiger partial charge in [-0.2, -0.15) is 0 Å². The van der Waals surface area contributed by atoms with Gasteiger partial charge in [-0.15, -0.1) is 0 Å². The first-order valence-corrected chi connectivity index (χ1v) is 12.0. The molecule has 2 aromatic heterocycles. The summed E-state index contributed by atoms with van der Waals surface area (Å²) in [6.07, 6.45) is 6.17. The smallest absolute Gasteiger partial charge is 0.213 e. The molecule has 0 saturated heterocycles. The maximum absolute atomic E-state index is 5.67. The summed E-state index contributed by atoms with van der Waals surface area (Å²) in [5.74, 6) is 2.58. The first kappa shape index (κ1) is 22.5. The van der Waals surface area contributed by atoms with E-state index < -0.39 is 0 Å². The number of benzene rings is 1. The molecule has 3 heterocycles. The Balaban J connectivity index is 1.16. The van der Waals surface area contributed by atoms with E-state index in [2.05, 4.69) is 52.3 Å². The van der Waals surface area contributed by atoms with Gasteiger partial charge in [0, 0.05) is 35.8 Å². The van der Waals surface area contributed by atoms with Gasteiger partial charge < -0.3 is 24.8 Å². The topological polar surface area (TPSA) is 77.5 Å². The van der Waals surface area contributed by atoms with Gasteiger partial charge in [-0.05, 0) is 56.2 Å². The van der Waals surface area contributed by atoms with Crippen LogP contribution in [0.3, 0.4) is 0 Å². The molecule has 1 aliphatic heterocycles. The summed E-state index contributed by atoms with van der Waals surface area (Å²) in [4.78, 5) is 9.19. The van der Waals surface area contributed by atoms with Crippen LogP contribution in [0.2, 0.25) is 0 Å². The molecular weight excluding hydrogens is 428 g/mol. The zero-order chi connectivity index (χ0) is 23.5. The van der Waals surface area contributed by atoms with E-state index in [4.69, 9.17) is 14.2 Å². The number of hydrogen-bond donors (Lipinski definition) is 2. The van der Waals surface area contributed by atoms with Gasteiger partial charge in [0.15, 0.2) is 11.5 Å². The lowest BCUT2D eigenvalue weighted by Gasteiger charge is -2.31. The van der Waals surface area contributed by atoms with Gasteiger partial charge in [-0.3, -0.25) is 4.98 Å². The van der Waals surface area contributed by atoms with Crippen LogP contribution < -0.4 is 24.8 Å². The van der Waals surface area contributed by atoms with Crippen molar-refractivity contribution in [2.75, 3.05) is 25.6 Å². The zero-order valence-electron chi connectivity index (χ0n) is 19.9. The molecule has 1 fully saturated rings. The Morgan fingerprint density at radius 3 is 2.68 bits per heavy atom. The summed E-state index contributed by atoms with van der Waals surface area (Å²) in [7, 11) is 1.65. The highest BCUT2D eigenvalue weighted by Gasteiger charge is 2.24. The fraction of sp³-hybridized carbons (Fsp3) is 0.407. The van der Waals surface area contributed by atoms with E-state index in [0.717, 1.165) is 71.7 Å². The molecule has 7 nitrogen and oxygen atoms in total. The number of fused-ring (bicyclic) bond motifs is 2. The van der Waals surface area contributed by atoms with Crippen LogP contribution in [0, 0.1) is 12.8 Å². The van der Waals surface area contributed by atoms with Crippen molar-refractivity contribution in [2.45, 2.75) is 45.2 Å². The number of aryl methyl sites for hydroxylation is 1. The van der Waals surface area contributed by atoms with Gasteiger partial charge in [0.05, 0.1) is 30.2 Å². The standard InChI is InChI=1S/C27H32N4O3/c1-17-4-10-23(27-22(17)9-11-26(31-27)32-3)30-18(2)19-5-7-20(8-6-19)28-15-21-14-24-25(16-29-21)34-13-12-33-24/h4,9-11,14,16,19-20,28,30H,2,5-8,12-13,15H2,1,3H3. The minimum Gasteiger partial charge on any atom is -0.486 e.